The maximum atomic E-state index is 12.3. The Bertz CT molecular complexity index is 783. The Labute approximate surface area is 150 Å². The smallest absolute Gasteiger partial charge is 0.292 e. The van der Waals surface area contributed by atoms with Gasteiger partial charge in [-0.05, 0) is 25.8 Å². The van der Waals surface area contributed by atoms with Gasteiger partial charge in [0.1, 0.15) is 5.69 Å². The molecule has 26 heavy (non-hydrogen) atoms. The van der Waals surface area contributed by atoms with E-state index in [1.165, 1.54) is 6.07 Å². The van der Waals surface area contributed by atoms with Crippen molar-refractivity contribution >= 4 is 17.3 Å². The molecule has 0 aliphatic carbocycles. The summed E-state index contributed by atoms with van der Waals surface area (Å²) in [7, 11) is 0. The number of hydrogen-bond acceptors (Lipinski definition) is 7. The molecular weight excluding hydrogens is 338 g/mol. The van der Waals surface area contributed by atoms with Gasteiger partial charge in [-0.1, -0.05) is 17.3 Å². The summed E-state index contributed by atoms with van der Waals surface area (Å²) in [6.07, 6.45) is 1.83. The third kappa shape index (κ3) is 4.16. The maximum absolute atomic E-state index is 12.3. The second-order valence-corrected chi connectivity index (χ2v) is 6.28. The first kappa shape index (κ1) is 17.8. The number of carbonyl (C=O) groups is 1. The van der Waals surface area contributed by atoms with E-state index in [0.29, 0.717) is 56.3 Å². The van der Waals surface area contributed by atoms with Gasteiger partial charge in [0.25, 0.3) is 5.69 Å². The van der Waals surface area contributed by atoms with Gasteiger partial charge in [-0.2, -0.15) is 4.98 Å². The minimum atomic E-state index is -0.368. The van der Waals surface area contributed by atoms with Gasteiger partial charge in [0, 0.05) is 38.0 Å². The Morgan fingerprint density at radius 2 is 2.12 bits per heavy atom. The average molecular weight is 359 g/mol. The van der Waals surface area contributed by atoms with Crippen molar-refractivity contribution in [3.63, 3.8) is 0 Å². The molecule has 1 fully saturated rings. The normalized spacial score (nSPS) is 15.0. The Hall–Kier alpha value is -2.97. The van der Waals surface area contributed by atoms with Crippen LogP contribution in [0.3, 0.4) is 0 Å². The molecule has 138 valence electrons. The molecule has 3 rings (SSSR count). The fourth-order valence-corrected chi connectivity index (χ4v) is 3.15. The van der Waals surface area contributed by atoms with Gasteiger partial charge in [0.15, 0.2) is 5.82 Å². The first-order valence-electron chi connectivity index (χ1n) is 8.60. The van der Waals surface area contributed by atoms with Crippen molar-refractivity contribution < 1.29 is 14.2 Å². The third-order valence-corrected chi connectivity index (χ3v) is 4.49. The SMILES string of the molecule is Cc1noc(CCNC(=O)C2CCN(c3ccccc3[N+](=O)[O-])CC2)n1. The van der Waals surface area contributed by atoms with Crippen molar-refractivity contribution in [3.05, 3.63) is 46.1 Å². The van der Waals surface area contributed by atoms with Crippen LogP contribution in [0.2, 0.25) is 0 Å². The van der Waals surface area contributed by atoms with E-state index in [2.05, 4.69) is 15.5 Å². The molecule has 1 N–H and O–H groups in total. The molecule has 0 radical (unpaired) electrons. The highest BCUT2D eigenvalue weighted by Crippen LogP contribution is 2.31. The van der Waals surface area contributed by atoms with E-state index in [1.807, 2.05) is 4.90 Å². The molecule has 0 unspecified atom stereocenters. The first-order valence-corrected chi connectivity index (χ1v) is 8.60. The lowest BCUT2D eigenvalue weighted by molar-refractivity contribution is -0.384. The lowest BCUT2D eigenvalue weighted by Crippen LogP contribution is -2.41. The molecular formula is C17H21N5O4. The van der Waals surface area contributed by atoms with Crippen LogP contribution in [-0.4, -0.2) is 40.6 Å². The minimum absolute atomic E-state index is 0.00319. The Kier molecular flexibility index (Phi) is 5.45. The number of amides is 1. The Balaban J connectivity index is 1.49. The fraction of sp³-hybridized carbons (Fsp3) is 0.471. The summed E-state index contributed by atoms with van der Waals surface area (Å²) >= 11 is 0. The van der Waals surface area contributed by atoms with Crippen LogP contribution in [0.25, 0.3) is 0 Å². The molecule has 9 nitrogen and oxygen atoms in total. The first-order chi connectivity index (χ1) is 12.5. The molecule has 1 amide bonds. The molecule has 1 aliphatic heterocycles. The highest BCUT2D eigenvalue weighted by molar-refractivity contribution is 5.79. The van der Waals surface area contributed by atoms with E-state index in [-0.39, 0.29) is 22.4 Å². The van der Waals surface area contributed by atoms with Crippen LogP contribution in [0.15, 0.2) is 28.8 Å². The van der Waals surface area contributed by atoms with E-state index >= 15 is 0 Å². The topological polar surface area (TPSA) is 114 Å². The zero-order valence-corrected chi connectivity index (χ0v) is 14.6. The average Bonchev–Trinajstić information content (AvgIpc) is 3.07. The highest BCUT2D eigenvalue weighted by atomic mass is 16.6. The maximum Gasteiger partial charge on any atom is 0.292 e. The Morgan fingerprint density at radius 3 is 2.77 bits per heavy atom. The lowest BCUT2D eigenvalue weighted by atomic mass is 9.95. The molecule has 0 atom stereocenters. The molecule has 1 aromatic carbocycles. The molecule has 0 saturated carbocycles. The van der Waals surface area contributed by atoms with E-state index in [0.717, 1.165) is 0 Å². The number of nitro groups is 1. The summed E-state index contributed by atoms with van der Waals surface area (Å²) in [6, 6.07) is 6.71. The van der Waals surface area contributed by atoms with Crippen LogP contribution in [0.5, 0.6) is 0 Å². The van der Waals surface area contributed by atoms with Gasteiger partial charge in [-0.25, -0.2) is 0 Å². The number of anilines is 1. The second kappa shape index (κ2) is 7.94. The summed E-state index contributed by atoms with van der Waals surface area (Å²) < 4.78 is 5.01. The number of nitro benzene ring substituents is 1. The van der Waals surface area contributed by atoms with Crippen molar-refractivity contribution in [2.75, 3.05) is 24.5 Å². The van der Waals surface area contributed by atoms with Crippen molar-refractivity contribution in [2.24, 2.45) is 5.92 Å². The second-order valence-electron chi connectivity index (χ2n) is 6.28. The monoisotopic (exact) mass is 359 g/mol. The van der Waals surface area contributed by atoms with Gasteiger partial charge in [0.2, 0.25) is 11.8 Å². The zero-order valence-electron chi connectivity index (χ0n) is 14.6. The van der Waals surface area contributed by atoms with Crippen molar-refractivity contribution in [1.29, 1.82) is 0 Å². The predicted molar refractivity (Wildman–Crippen MR) is 93.8 cm³/mol. The van der Waals surface area contributed by atoms with Crippen molar-refractivity contribution in [1.82, 2.24) is 15.5 Å². The van der Waals surface area contributed by atoms with Gasteiger partial charge in [-0.15, -0.1) is 0 Å². The number of nitrogens with one attached hydrogen (secondary N) is 1. The van der Waals surface area contributed by atoms with Gasteiger partial charge >= 0.3 is 0 Å². The van der Waals surface area contributed by atoms with Crippen LogP contribution in [-0.2, 0) is 11.2 Å². The molecule has 1 aliphatic rings. The third-order valence-electron chi connectivity index (χ3n) is 4.49. The number of para-hydroxylation sites is 2. The number of benzene rings is 1. The van der Waals surface area contributed by atoms with Crippen molar-refractivity contribution in [2.45, 2.75) is 26.2 Å². The molecule has 2 aromatic rings. The summed E-state index contributed by atoms with van der Waals surface area (Å²) in [5.41, 5.74) is 0.716. The number of rotatable bonds is 6. The number of hydrogen-bond donors (Lipinski definition) is 1. The molecule has 9 heteroatoms. The standard InChI is InChI=1S/C17H21N5O4/c1-12-19-16(26-20-12)6-9-18-17(23)13-7-10-21(11-8-13)14-4-2-3-5-15(14)22(24)25/h2-5,13H,6-11H2,1H3,(H,18,23). The lowest BCUT2D eigenvalue weighted by Gasteiger charge is -2.32. The molecule has 0 spiro atoms. The summed E-state index contributed by atoms with van der Waals surface area (Å²) in [5.74, 6) is 1.00. The van der Waals surface area contributed by atoms with Crippen LogP contribution in [0, 0.1) is 23.0 Å². The summed E-state index contributed by atoms with van der Waals surface area (Å²) in [4.78, 5) is 29.2. The van der Waals surface area contributed by atoms with E-state index in [4.69, 9.17) is 4.52 Å². The molecule has 1 aromatic heterocycles. The summed E-state index contributed by atoms with van der Waals surface area (Å²) in [6.45, 7) is 3.43. The number of carbonyl (C=O) groups excluding carboxylic acids is 1. The van der Waals surface area contributed by atoms with Crippen LogP contribution in [0.1, 0.15) is 24.6 Å². The molecule has 0 bridgehead atoms. The van der Waals surface area contributed by atoms with E-state index < -0.39 is 0 Å². The summed E-state index contributed by atoms with van der Waals surface area (Å²) in [5, 5.41) is 17.8. The molecule has 2 heterocycles. The van der Waals surface area contributed by atoms with Crippen LogP contribution < -0.4 is 10.2 Å². The number of piperidine rings is 1. The zero-order chi connectivity index (χ0) is 18.5. The highest BCUT2D eigenvalue weighted by Gasteiger charge is 2.27. The predicted octanol–water partition coefficient (Wildman–Crippen LogP) is 1.86. The van der Waals surface area contributed by atoms with E-state index in [9.17, 15) is 14.9 Å². The van der Waals surface area contributed by atoms with E-state index in [1.54, 1.807) is 25.1 Å². The number of nitrogens with zero attached hydrogens (tertiary/aromatic N) is 4. The largest absolute Gasteiger partial charge is 0.366 e. The Morgan fingerprint density at radius 1 is 1.38 bits per heavy atom. The van der Waals surface area contributed by atoms with Crippen LogP contribution >= 0.6 is 0 Å². The van der Waals surface area contributed by atoms with Crippen molar-refractivity contribution in [3.8, 4) is 0 Å². The fourth-order valence-electron chi connectivity index (χ4n) is 3.15. The van der Waals surface area contributed by atoms with Gasteiger partial charge in [0.05, 0.1) is 4.92 Å². The minimum Gasteiger partial charge on any atom is -0.366 e. The van der Waals surface area contributed by atoms with Gasteiger partial charge in [-0.3, -0.25) is 14.9 Å². The quantitative estimate of drug-likeness (QED) is 0.618. The van der Waals surface area contributed by atoms with Crippen LogP contribution in [0.4, 0.5) is 11.4 Å². The number of aromatic nitrogens is 2. The van der Waals surface area contributed by atoms with Gasteiger partial charge < -0.3 is 14.7 Å². The molecule has 1 saturated heterocycles. The number of aryl methyl sites for hydroxylation is 1.